The van der Waals surface area contributed by atoms with E-state index in [0.29, 0.717) is 33.3 Å². The molecule has 0 aliphatic heterocycles. The number of hydrogen-bond donors (Lipinski definition) is 1. The van der Waals surface area contributed by atoms with Crippen molar-refractivity contribution in [2.75, 3.05) is 5.73 Å². The van der Waals surface area contributed by atoms with Crippen LogP contribution < -0.4 is 5.73 Å². The van der Waals surface area contributed by atoms with Crippen molar-refractivity contribution in [3.05, 3.63) is 90.0 Å². The van der Waals surface area contributed by atoms with Gasteiger partial charge < -0.3 is 5.73 Å². The van der Waals surface area contributed by atoms with Crippen LogP contribution in [0.2, 0.25) is 0 Å². The quantitative estimate of drug-likeness (QED) is 0.254. The molecule has 0 amide bonds. The fourth-order valence-electron chi connectivity index (χ4n) is 3.55. The highest BCUT2D eigenvalue weighted by Gasteiger charge is 2.31. The van der Waals surface area contributed by atoms with Gasteiger partial charge in [0.1, 0.15) is 0 Å². The van der Waals surface area contributed by atoms with Gasteiger partial charge in [-0.15, -0.1) is 0 Å². The first-order chi connectivity index (χ1) is 14.6. The molecule has 0 aliphatic carbocycles. The van der Waals surface area contributed by atoms with Gasteiger partial charge in [-0.2, -0.15) is 26.3 Å². The molecule has 0 radical (unpaired) electrons. The Labute approximate surface area is 173 Å². The lowest BCUT2D eigenvalue weighted by Crippen LogP contribution is -2.04. The Balaban J connectivity index is 1.90. The fourth-order valence-corrected chi connectivity index (χ4v) is 3.55. The van der Waals surface area contributed by atoms with Gasteiger partial charge in [0.15, 0.2) is 0 Å². The number of nitrogens with two attached hydrogens (primary N) is 1. The second-order valence-corrected chi connectivity index (χ2v) is 7.08. The summed E-state index contributed by atoms with van der Waals surface area (Å²) in [6.45, 7) is 0. The first-order valence-electron chi connectivity index (χ1n) is 9.22. The predicted molar refractivity (Wildman–Crippen MR) is 109 cm³/mol. The summed E-state index contributed by atoms with van der Waals surface area (Å²) in [6.07, 6.45) is -8.91. The highest BCUT2D eigenvalue weighted by Crippen LogP contribution is 2.41. The van der Waals surface area contributed by atoms with E-state index < -0.39 is 23.5 Å². The van der Waals surface area contributed by atoms with Crippen LogP contribution in [0.25, 0.3) is 33.0 Å². The SMILES string of the molecule is Nc1c(-c2ccc(C(F)(F)F)cc2)cc(-c2ccc(C(F)(F)F)cc2)c2ccccc12. The number of benzene rings is 4. The van der Waals surface area contributed by atoms with Crippen LogP contribution in [0, 0.1) is 0 Å². The first kappa shape index (κ1) is 20.8. The second-order valence-electron chi connectivity index (χ2n) is 7.08. The van der Waals surface area contributed by atoms with Gasteiger partial charge in [0.25, 0.3) is 0 Å². The number of nitrogen functional groups attached to an aromatic ring is 1. The van der Waals surface area contributed by atoms with Crippen LogP contribution in [0.15, 0.2) is 78.9 Å². The van der Waals surface area contributed by atoms with E-state index in [1.54, 1.807) is 30.3 Å². The summed E-state index contributed by atoms with van der Waals surface area (Å²) in [7, 11) is 0. The Morgan fingerprint density at radius 1 is 0.516 bits per heavy atom. The molecule has 158 valence electrons. The molecule has 4 aromatic rings. The van der Waals surface area contributed by atoms with Crippen molar-refractivity contribution in [2.45, 2.75) is 12.4 Å². The maximum atomic E-state index is 12.9. The Morgan fingerprint density at radius 2 is 0.935 bits per heavy atom. The van der Waals surface area contributed by atoms with E-state index in [0.717, 1.165) is 29.7 Å². The van der Waals surface area contributed by atoms with E-state index in [9.17, 15) is 26.3 Å². The van der Waals surface area contributed by atoms with Crippen LogP contribution in [0.1, 0.15) is 11.1 Å². The minimum Gasteiger partial charge on any atom is -0.398 e. The average Bonchev–Trinajstić information content (AvgIpc) is 2.73. The van der Waals surface area contributed by atoms with Crippen molar-refractivity contribution < 1.29 is 26.3 Å². The summed E-state index contributed by atoms with van der Waals surface area (Å²) < 4.78 is 77.5. The lowest BCUT2D eigenvalue weighted by atomic mass is 9.91. The highest BCUT2D eigenvalue weighted by atomic mass is 19.4. The van der Waals surface area contributed by atoms with Crippen LogP contribution in [0.3, 0.4) is 0 Å². The predicted octanol–water partition coefficient (Wildman–Crippen LogP) is 7.79. The van der Waals surface area contributed by atoms with Gasteiger partial charge in [0, 0.05) is 16.6 Å². The van der Waals surface area contributed by atoms with Gasteiger partial charge in [-0.1, -0.05) is 48.5 Å². The minimum atomic E-state index is -4.46. The second kappa shape index (κ2) is 7.34. The Morgan fingerprint density at radius 3 is 1.39 bits per heavy atom. The van der Waals surface area contributed by atoms with Gasteiger partial charge in [0.2, 0.25) is 0 Å². The van der Waals surface area contributed by atoms with E-state index in [1.165, 1.54) is 24.3 Å². The fraction of sp³-hybridized carbons (Fsp3) is 0.0833. The molecule has 0 atom stereocenters. The topological polar surface area (TPSA) is 26.0 Å². The maximum Gasteiger partial charge on any atom is 0.416 e. The zero-order valence-corrected chi connectivity index (χ0v) is 15.9. The zero-order valence-electron chi connectivity index (χ0n) is 15.9. The van der Waals surface area contributed by atoms with Crippen LogP contribution in [0.4, 0.5) is 32.0 Å². The average molecular weight is 431 g/mol. The third-order valence-corrected chi connectivity index (χ3v) is 5.13. The van der Waals surface area contributed by atoms with Gasteiger partial charge in [-0.3, -0.25) is 0 Å². The molecule has 0 saturated carbocycles. The summed E-state index contributed by atoms with van der Waals surface area (Å²) in [5.41, 5.74) is 7.32. The van der Waals surface area contributed by atoms with E-state index in [2.05, 4.69) is 0 Å². The summed E-state index contributed by atoms with van der Waals surface area (Å²) >= 11 is 0. The molecule has 0 bridgehead atoms. The van der Waals surface area contributed by atoms with Gasteiger partial charge in [0.05, 0.1) is 11.1 Å². The van der Waals surface area contributed by atoms with Crippen molar-refractivity contribution >= 4 is 16.5 Å². The largest absolute Gasteiger partial charge is 0.416 e. The van der Waals surface area contributed by atoms with E-state index in [1.807, 2.05) is 0 Å². The summed E-state index contributed by atoms with van der Waals surface area (Å²) in [4.78, 5) is 0. The van der Waals surface area contributed by atoms with Crippen LogP contribution in [0.5, 0.6) is 0 Å². The summed E-state index contributed by atoms with van der Waals surface area (Å²) in [5, 5.41) is 1.39. The Bertz CT molecular complexity index is 1240. The third kappa shape index (κ3) is 3.95. The maximum absolute atomic E-state index is 12.9. The van der Waals surface area contributed by atoms with E-state index in [-0.39, 0.29) is 0 Å². The summed E-state index contributed by atoms with van der Waals surface area (Å²) in [5.74, 6) is 0. The standard InChI is InChI=1S/C24H15F6N/c25-23(26,27)16-9-5-14(6-10-16)20-13-21(22(31)19-4-2-1-3-18(19)20)15-7-11-17(12-8-15)24(28,29)30/h1-13H,31H2. The van der Waals surface area contributed by atoms with Crippen molar-refractivity contribution in [2.24, 2.45) is 0 Å². The Kier molecular flexibility index (Phi) is 4.92. The van der Waals surface area contributed by atoms with Crippen molar-refractivity contribution in [3.8, 4) is 22.3 Å². The molecule has 0 fully saturated rings. The number of fused-ring (bicyclic) bond motifs is 1. The molecule has 0 spiro atoms. The normalized spacial score (nSPS) is 12.3. The third-order valence-electron chi connectivity index (χ3n) is 5.13. The molecular formula is C24H15F6N. The minimum absolute atomic E-state index is 0.381. The van der Waals surface area contributed by atoms with Crippen molar-refractivity contribution in [1.82, 2.24) is 0 Å². The van der Waals surface area contributed by atoms with Crippen molar-refractivity contribution in [1.29, 1.82) is 0 Å². The highest BCUT2D eigenvalue weighted by molar-refractivity contribution is 6.08. The van der Waals surface area contributed by atoms with Crippen molar-refractivity contribution in [3.63, 3.8) is 0 Å². The molecule has 31 heavy (non-hydrogen) atoms. The molecule has 4 rings (SSSR count). The zero-order chi connectivity index (χ0) is 22.4. The van der Waals surface area contributed by atoms with Gasteiger partial charge >= 0.3 is 12.4 Å². The number of anilines is 1. The van der Waals surface area contributed by atoms with E-state index >= 15 is 0 Å². The van der Waals surface area contributed by atoms with Gasteiger partial charge in [-0.25, -0.2) is 0 Å². The molecule has 0 saturated heterocycles. The van der Waals surface area contributed by atoms with Gasteiger partial charge in [-0.05, 0) is 52.4 Å². The van der Waals surface area contributed by atoms with Crippen LogP contribution in [-0.4, -0.2) is 0 Å². The number of alkyl halides is 6. The number of hydrogen-bond acceptors (Lipinski definition) is 1. The molecule has 4 aromatic carbocycles. The van der Waals surface area contributed by atoms with Crippen LogP contribution >= 0.6 is 0 Å². The smallest absolute Gasteiger partial charge is 0.398 e. The number of halogens is 6. The van der Waals surface area contributed by atoms with E-state index in [4.69, 9.17) is 5.73 Å². The molecule has 0 unspecified atom stereocenters. The molecule has 0 aromatic heterocycles. The Hall–Kier alpha value is -3.48. The monoisotopic (exact) mass is 431 g/mol. The molecule has 2 N–H and O–H groups in total. The molecule has 0 heterocycles. The molecule has 1 nitrogen and oxygen atoms in total. The molecular weight excluding hydrogens is 416 g/mol. The van der Waals surface area contributed by atoms with Crippen LogP contribution in [-0.2, 0) is 12.4 Å². The first-order valence-corrected chi connectivity index (χ1v) is 9.22. The number of rotatable bonds is 2. The lowest BCUT2D eigenvalue weighted by Gasteiger charge is -2.16. The molecule has 7 heteroatoms. The summed E-state index contributed by atoms with van der Waals surface area (Å²) in [6, 6.07) is 18.2. The molecule has 0 aliphatic rings. The lowest BCUT2D eigenvalue weighted by molar-refractivity contribution is -0.138.